The molecule has 0 radical (unpaired) electrons. The molecule has 166 valence electrons. The van der Waals surface area contributed by atoms with Crippen molar-refractivity contribution in [1.29, 1.82) is 0 Å². The van der Waals surface area contributed by atoms with Gasteiger partial charge in [0.15, 0.2) is 10.1 Å². The molecule has 27 heavy (non-hydrogen) atoms. The van der Waals surface area contributed by atoms with Gasteiger partial charge in [0, 0.05) is 6.42 Å². The topological polar surface area (TPSA) is 57.2 Å². The number of hydrogen-bond acceptors (Lipinski definition) is 3. The fourth-order valence-electron chi connectivity index (χ4n) is 2.13. The Kier molecular flexibility index (Phi) is 9.72. The lowest BCUT2D eigenvalue weighted by Gasteiger charge is -2.36. The Hall–Kier alpha value is -0.690. The zero-order valence-corrected chi connectivity index (χ0v) is 16.5. The van der Waals surface area contributed by atoms with Crippen LogP contribution in [0.4, 0.5) is 35.1 Å². The van der Waals surface area contributed by atoms with Crippen molar-refractivity contribution in [2.24, 2.45) is 0 Å². The first-order valence-electron chi connectivity index (χ1n) is 8.12. The van der Waals surface area contributed by atoms with Gasteiger partial charge in [0.2, 0.25) is 0 Å². The van der Waals surface area contributed by atoms with Crippen LogP contribution in [0.5, 0.6) is 0 Å². The second kappa shape index (κ2) is 9.21. The summed E-state index contributed by atoms with van der Waals surface area (Å²) in [7, 11) is -7.26. The zero-order chi connectivity index (χ0) is 22.5. The van der Waals surface area contributed by atoms with E-state index in [2.05, 4.69) is 27.7 Å². The Balaban J connectivity index is 0. The lowest BCUT2D eigenvalue weighted by atomic mass is 10.0. The van der Waals surface area contributed by atoms with Crippen LogP contribution in [-0.2, 0) is 10.1 Å². The Labute approximate surface area is 153 Å². The first-order valence-corrected chi connectivity index (χ1v) is 9.53. The largest absolute Gasteiger partial charge is 0.743 e. The average Bonchev–Trinajstić information content (AvgIpc) is 2.56. The van der Waals surface area contributed by atoms with Crippen LogP contribution in [0.1, 0.15) is 41.0 Å². The molecule has 0 rings (SSSR count). The van der Waals surface area contributed by atoms with E-state index in [0.717, 1.165) is 0 Å². The van der Waals surface area contributed by atoms with E-state index >= 15 is 0 Å². The minimum atomic E-state index is -7.26. The van der Waals surface area contributed by atoms with Gasteiger partial charge in [0.25, 0.3) is 0 Å². The van der Waals surface area contributed by atoms with E-state index in [4.69, 9.17) is 0 Å². The molecule has 0 fully saturated rings. The lowest BCUT2D eigenvalue weighted by molar-refractivity contribution is -0.921. The van der Waals surface area contributed by atoms with Crippen LogP contribution in [-0.4, -0.2) is 66.7 Å². The van der Waals surface area contributed by atoms with Crippen molar-refractivity contribution >= 4 is 10.1 Å². The van der Waals surface area contributed by atoms with E-state index < -0.39 is 39.6 Å². The Morgan fingerprint density at radius 3 is 1.15 bits per heavy atom. The van der Waals surface area contributed by atoms with Crippen LogP contribution in [0.3, 0.4) is 0 Å². The molecule has 0 aromatic heterocycles. The highest BCUT2D eigenvalue weighted by Gasteiger charge is 2.82. The fraction of sp³-hybridized carbons (Fsp3) is 1.00. The van der Waals surface area contributed by atoms with Gasteiger partial charge in [-0.2, -0.15) is 35.1 Å². The summed E-state index contributed by atoms with van der Waals surface area (Å²) in [6, 6.07) is 0. The molecule has 0 aliphatic carbocycles. The highest BCUT2D eigenvalue weighted by atomic mass is 32.2. The number of rotatable bonds is 9. The standard InChI is InChI=1S/C8H20N.C6H6F8O3S/c1-5-9(6-2,7-3)8-4;1-2-3(7,8)4(9,10)5(11,12)6(13,14)18(15,16)17/h5-8H2,1-4H3;2H2,1H3,(H,15,16,17)/q+1;/p-1. The minimum absolute atomic E-state index is 0.286. The van der Waals surface area contributed by atoms with Gasteiger partial charge in [-0.1, -0.05) is 6.92 Å². The van der Waals surface area contributed by atoms with Crippen molar-refractivity contribution in [2.45, 2.75) is 64.1 Å². The van der Waals surface area contributed by atoms with Crippen LogP contribution >= 0.6 is 0 Å². The molecule has 0 amide bonds. The van der Waals surface area contributed by atoms with Crippen LogP contribution < -0.4 is 0 Å². The predicted molar refractivity (Wildman–Crippen MR) is 82.2 cm³/mol. The highest BCUT2D eigenvalue weighted by molar-refractivity contribution is 7.86. The maximum atomic E-state index is 12.6. The lowest BCUT2D eigenvalue weighted by Crippen LogP contribution is -2.64. The summed E-state index contributed by atoms with van der Waals surface area (Å²) in [5.74, 6) is -19.4. The van der Waals surface area contributed by atoms with E-state index in [1.54, 1.807) is 0 Å². The van der Waals surface area contributed by atoms with Gasteiger partial charge in [0.1, 0.15) is 0 Å². The molecule has 0 N–H and O–H groups in total. The van der Waals surface area contributed by atoms with E-state index in [1.807, 2.05) is 0 Å². The van der Waals surface area contributed by atoms with Crippen LogP contribution in [0.15, 0.2) is 0 Å². The molecular formula is C14H25F8NO3S. The molecule has 0 spiro atoms. The Bertz CT molecular complexity index is 545. The number of hydrogen-bond donors (Lipinski definition) is 0. The van der Waals surface area contributed by atoms with Crippen molar-refractivity contribution in [3.63, 3.8) is 0 Å². The van der Waals surface area contributed by atoms with Gasteiger partial charge in [-0.15, -0.1) is 0 Å². The molecule has 0 aromatic rings. The monoisotopic (exact) mass is 439 g/mol. The molecule has 0 aliphatic rings. The summed E-state index contributed by atoms with van der Waals surface area (Å²) in [5, 5.41) is -6.87. The van der Waals surface area contributed by atoms with Crippen molar-refractivity contribution < 1.29 is 52.6 Å². The van der Waals surface area contributed by atoms with E-state index in [9.17, 15) is 48.1 Å². The first kappa shape index (κ1) is 28.5. The number of alkyl halides is 8. The molecule has 0 bridgehead atoms. The van der Waals surface area contributed by atoms with Crippen LogP contribution in [0, 0.1) is 0 Å². The van der Waals surface area contributed by atoms with Crippen LogP contribution in [0.2, 0.25) is 0 Å². The smallest absolute Gasteiger partial charge is 0.402 e. The van der Waals surface area contributed by atoms with Gasteiger partial charge in [0.05, 0.1) is 26.2 Å². The molecule has 4 nitrogen and oxygen atoms in total. The fourth-order valence-corrected chi connectivity index (χ4v) is 2.58. The van der Waals surface area contributed by atoms with Crippen molar-refractivity contribution in [2.75, 3.05) is 26.2 Å². The van der Waals surface area contributed by atoms with Gasteiger partial charge >= 0.3 is 23.0 Å². The summed E-state index contributed by atoms with van der Waals surface area (Å²) in [6.07, 6.45) is -1.97. The second-order valence-electron chi connectivity index (χ2n) is 5.78. The van der Waals surface area contributed by atoms with E-state index in [-0.39, 0.29) is 6.92 Å². The molecule has 0 heterocycles. The molecule has 0 aromatic carbocycles. The molecule has 0 saturated carbocycles. The minimum Gasteiger partial charge on any atom is -0.743 e. The summed E-state index contributed by atoms with van der Waals surface area (Å²) < 4.78 is 131. The summed E-state index contributed by atoms with van der Waals surface area (Å²) >= 11 is 0. The SMILES string of the molecule is CCC(F)(F)C(F)(F)C(F)(F)C(F)(F)S(=O)(=O)[O-].CC[N+](CC)(CC)CC. The number of quaternary nitrogens is 1. The normalized spacial score (nSPS) is 14.6. The number of halogens is 8. The van der Waals surface area contributed by atoms with Crippen molar-refractivity contribution in [3.8, 4) is 0 Å². The van der Waals surface area contributed by atoms with E-state index in [0.29, 0.717) is 0 Å². The molecule has 0 saturated heterocycles. The van der Waals surface area contributed by atoms with Crippen molar-refractivity contribution in [3.05, 3.63) is 0 Å². The van der Waals surface area contributed by atoms with Gasteiger partial charge in [-0.3, -0.25) is 0 Å². The molecule has 13 heteroatoms. The average molecular weight is 439 g/mol. The Morgan fingerprint density at radius 2 is 1.00 bits per heavy atom. The second-order valence-corrected chi connectivity index (χ2v) is 7.21. The van der Waals surface area contributed by atoms with Crippen molar-refractivity contribution in [1.82, 2.24) is 0 Å². The summed E-state index contributed by atoms with van der Waals surface area (Å²) in [5.41, 5.74) is 0. The van der Waals surface area contributed by atoms with Gasteiger partial charge in [-0.25, -0.2) is 8.42 Å². The molecular weight excluding hydrogens is 414 g/mol. The first-order chi connectivity index (χ1) is 11.8. The predicted octanol–water partition coefficient (Wildman–Crippen LogP) is 4.32. The van der Waals surface area contributed by atoms with Gasteiger partial charge in [-0.05, 0) is 27.7 Å². The maximum absolute atomic E-state index is 12.6. The third-order valence-corrected chi connectivity index (χ3v) is 5.54. The quantitative estimate of drug-likeness (QED) is 0.305. The zero-order valence-electron chi connectivity index (χ0n) is 15.6. The summed E-state index contributed by atoms with van der Waals surface area (Å²) in [4.78, 5) is 0. The molecule has 0 unspecified atom stereocenters. The highest BCUT2D eigenvalue weighted by Crippen LogP contribution is 2.54. The summed E-state index contributed by atoms with van der Waals surface area (Å²) in [6.45, 7) is 14.5. The maximum Gasteiger partial charge on any atom is 0.402 e. The molecule has 0 atom stereocenters. The van der Waals surface area contributed by atoms with E-state index in [1.165, 1.54) is 30.7 Å². The van der Waals surface area contributed by atoms with Crippen LogP contribution in [0.25, 0.3) is 0 Å². The van der Waals surface area contributed by atoms with Gasteiger partial charge < -0.3 is 9.04 Å². The number of nitrogens with zero attached hydrogens (tertiary/aromatic N) is 1. The third-order valence-electron chi connectivity index (χ3n) is 4.66. The third kappa shape index (κ3) is 5.43. The molecule has 0 aliphatic heterocycles. The Morgan fingerprint density at radius 1 is 0.704 bits per heavy atom.